The number of hydrogen-bond donors (Lipinski definition) is 2. The van der Waals surface area contributed by atoms with Crippen molar-refractivity contribution in [2.75, 3.05) is 10.3 Å². The van der Waals surface area contributed by atoms with Gasteiger partial charge >= 0.3 is 0 Å². The lowest BCUT2D eigenvalue weighted by Gasteiger charge is -2.25. The van der Waals surface area contributed by atoms with Crippen LogP contribution in [-0.4, -0.2) is 29.5 Å². The summed E-state index contributed by atoms with van der Waals surface area (Å²) in [6.45, 7) is 3.85. The maximum Gasteiger partial charge on any atom is 0.271 e. The van der Waals surface area contributed by atoms with Crippen LogP contribution in [0.3, 0.4) is 0 Å². The molecule has 1 aliphatic carbocycles. The smallest absolute Gasteiger partial charge is 0.271 e. The third-order valence-electron chi connectivity index (χ3n) is 5.22. The van der Waals surface area contributed by atoms with Gasteiger partial charge in [-0.05, 0) is 56.0 Å². The van der Waals surface area contributed by atoms with E-state index in [0.29, 0.717) is 16.9 Å². The zero-order valence-electron chi connectivity index (χ0n) is 17.1. The standard InChI is InChI=1S/C23H24N4O3/c1-14-7-8-15(2)20(13-14)27-21(28)12-11-19(26-27)23(30)25-18-6-4-3-5-17(18)22(29)24-16-9-10-16/h3-8,13,16H,9-12H2,1-2H3,(H,24,29)(H,25,30). The molecule has 2 aliphatic rings. The summed E-state index contributed by atoms with van der Waals surface area (Å²) in [6.07, 6.45) is 2.42. The van der Waals surface area contributed by atoms with Gasteiger partial charge in [0.05, 0.1) is 16.9 Å². The lowest BCUT2D eigenvalue weighted by atomic mass is 10.1. The van der Waals surface area contributed by atoms with Crippen molar-refractivity contribution >= 4 is 34.8 Å². The lowest BCUT2D eigenvalue weighted by molar-refractivity contribution is -0.118. The molecule has 2 aromatic carbocycles. The number of anilines is 2. The molecule has 1 heterocycles. The van der Waals surface area contributed by atoms with E-state index in [1.54, 1.807) is 24.3 Å². The van der Waals surface area contributed by atoms with Crippen molar-refractivity contribution in [3.63, 3.8) is 0 Å². The molecule has 0 atom stereocenters. The molecule has 2 aromatic rings. The van der Waals surface area contributed by atoms with Crippen molar-refractivity contribution in [2.45, 2.75) is 45.6 Å². The van der Waals surface area contributed by atoms with Crippen molar-refractivity contribution in [1.82, 2.24) is 5.32 Å². The fourth-order valence-corrected chi connectivity index (χ4v) is 3.33. The van der Waals surface area contributed by atoms with Gasteiger partial charge in [0.25, 0.3) is 11.8 Å². The van der Waals surface area contributed by atoms with Gasteiger partial charge in [0.2, 0.25) is 5.91 Å². The molecule has 0 aromatic heterocycles. The Bertz CT molecular complexity index is 1060. The van der Waals surface area contributed by atoms with Crippen LogP contribution < -0.4 is 15.6 Å². The van der Waals surface area contributed by atoms with E-state index in [4.69, 9.17) is 0 Å². The SMILES string of the molecule is Cc1ccc(C)c(N2N=C(C(=O)Nc3ccccc3C(=O)NC3CC3)CCC2=O)c1. The Morgan fingerprint density at radius 1 is 1.03 bits per heavy atom. The van der Waals surface area contributed by atoms with E-state index in [2.05, 4.69) is 15.7 Å². The number of carbonyl (C=O) groups excluding carboxylic acids is 3. The fraction of sp³-hybridized carbons (Fsp3) is 0.304. The van der Waals surface area contributed by atoms with Gasteiger partial charge in [-0.25, -0.2) is 5.01 Å². The van der Waals surface area contributed by atoms with Gasteiger partial charge in [0.1, 0.15) is 5.71 Å². The number of nitrogens with zero attached hydrogens (tertiary/aromatic N) is 2. The quantitative estimate of drug-likeness (QED) is 0.801. The highest BCUT2D eigenvalue weighted by molar-refractivity contribution is 6.44. The van der Waals surface area contributed by atoms with Crippen LogP contribution in [0.25, 0.3) is 0 Å². The minimum Gasteiger partial charge on any atom is -0.349 e. The molecule has 4 rings (SSSR count). The van der Waals surface area contributed by atoms with Crippen LogP contribution in [0.1, 0.15) is 47.2 Å². The normalized spacial score (nSPS) is 16.1. The third-order valence-corrected chi connectivity index (χ3v) is 5.22. The molecular formula is C23H24N4O3. The predicted molar refractivity (Wildman–Crippen MR) is 116 cm³/mol. The third kappa shape index (κ3) is 4.25. The summed E-state index contributed by atoms with van der Waals surface area (Å²) >= 11 is 0. The van der Waals surface area contributed by atoms with E-state index in [0.717, 1.165) is 24.0 Å². The zero-order chi connectivity index (χ0) is 21.3. The van der Waals surface area contributed by atoms with E-state index in [9.17, 15) is 14.4 Å². The van der Waals surface area contributed by atoms with Crippen molar-refractivity contribution in [3.05, 3.63) is 59.2 Å². The average Bonchev–Trinajstić information content (AvgIpc) is 3.54. The number of rotatable bonds is 5. The largest absolute Gasteiger partial charge is 0.349 e. The number of benzene rings is 2. The molecule has 1 aliphatic heterocycles. The maximum absolute atomic E-state index is 12.9. The lowest BCUT2D eigenvalue weighted by Crippen LogP contribution is -2.37. The molecule has 1 saturated carbocycles. The van der Waals surface area contributed by atoms with Gasteiger partial charge in [-0.1, -0.05) is 24.3 Å². The highest BCUT2D eigenvalue weighted by atomic mass is 16.2. The summed E-state index contributed by atoms with van der Waals surface area (Å²) in [5, 5.41) is 11.4. The van der Waals surface area contributed by atoms with Gasteiger partial charge in [-0.2, -0.15) is 5.10 Å². The number of amides is 3. The molecule has 7 nitrogen and oxygen atoms in total. The van der Waals surface area contributed by atoms with Crippen molar-refractivity contribution in [3.8, 4) is 0 Å². The first-order valence-corrected chi connectivity index (χ1v) is 10.1. The Balaban J connectivity index is 1.57. The molecule has 2 N–H and O–H groups in total. The van der Waals surface area contributed by atoms with Gasteiger partial charge in [-0.3, -0.25) is 14.4 Å². The Morgan fingerprint density at radius 3 is 2.57 bits per heavy atom. The van der Waals surface area contributed by atoms with Crippen LogP contribution in [-0.2, 0) is 9.59 Å². The van der Waals surface area contributed by atoms with Crippen molar-refractivity contribution in [2.24, 2.45) is 5.10 Å². The second kappa shape index (κ2) is 8.10. The highest BCUT2D eigenvalue weighted by Gasteiger charge is 2.28. The summed E-state index contributed by atoms with van der Waals surface area (Å²) in [5.41, 5.74) is 3.68. The second-order valence-electron chi connectivity index (χ2n) is 7.79. The van der Waals surface area contributed by atoms with Crippen molar-refractivity contribution < 1.29 is 14.4 Å². The number of aryl methyl sites for hydroxylation is 2. The fourth-order valence-electron chi connectivity index (χ4n) is 3.33. The van der Waals surface area contributed by atoms with Crippen LogP contribution in [0.4, 0.5) is 11.4 Å². The van der Waals surface area contributed by atoms with E-state index in [1.807, 2.05) is 32.0 Å². The van der Waals surface area contributed by atoms with Crippen LogP contribution in [0.2, 0.25) is 0 Å². The Labute approximate surface area is 175 Å². The molecule has 30 heavy (non-hydrogen) atoms. The van der Waals surface area contributed by atoms with E-state index in [1.165, 1.54) is 5.01 Å². The van der Waals surface area contributed by atoms with E-state index >= 15 is 0 Å². The number of nitrogens with one attached hydrogen (secondary N) is 2. The number of carbonyl (C=O) groups is 3. The molecule has 0 bridgehead atoms. The first-order chi connectivity index (χ1) is 14.4. The number of hydrazone groups is 1. The Morgan fingerprint density at radius 2 is 1.80 bits per heavy atom. The van der Waals surface area contributed by atoms with Crippen LogP contribution in [0, 0.1) is 13.8 Å². The molecule has 0 unspecified atom stereocenters. The van der Waals surface area contributed by atoms with Crippen LogP contribution in [0.15, 0.2) is 47.6 Å². The van der Waals surface area contributed by atoms with Crippen LogP contribution >= 0.6 is 0 Å². The monoisotopic (exact) mass is 404 g/mol. The minimum atomic E-state index is -0.413. The molecule has 7 heteroatoms. The van der Waals surface area contributed by atoms with Gasteiger partial charge in [-0.15, -0.1) is 0 Å². The highest BCUT2D eigenvalue weighted by Crippen LogP contribution is 2.26. The number of para-hydroxylation sites is 1. The summed E-state index contributed by atoms with van der Waals surface area (Å²) in [4.78, 5) is 37.8. The molecular weight excluding hydrogens is 380 g/mol. The van der Waals surface area contributed by atoms with Crippen LogP contribution in [0.5, 0.6) is 0 Å². The summed E-state index contributed by atoms with van der Waals surface area (Å²) < 4.78 is 0. The topological polar surface area (TPSA) is 90.9 Å². The minimum absolute atomic E-state index is 0.149. The summed E-state index contributed by atoms with van der Waals surface area (Å²) in [7, 11) is 0. The molecule has 0 spiro atoms. The molecule has 154 valence electrons. The molecule has 0 radical (unpaired) electrons. The molecule has 0 saturated heterocycles. The summed E-state index contributed by atoms with van der Waals surface area (Å²) in [6, 6.07) is 12.9. The Kier molecular flexibility index (Phi) is 5.35. The first kappa shape index (κ1) is 19.8. The van der Waals surface area contributed by atoms with E-state index < -0.39 is 5.91 Å². The van der Waals surface area contributed by atoms with Crippen molar-refractivity contribution in [1.29, 1.82) is 0 Å². The Hall–Kier alpha value is -3.48. The van der Waals surface area contributed by atoms with Gasteiger partial charge < -0.3 is 10.6 Å². The number of hydrogen-bond acceptors (Lipinski definition) is 4. The second-order valence-corrected chi connectivity index (χ2v) is 7.79. The van der Waals surface area contributed by atoms with Gasteiger partial charge in [0, 0.05) is 18.9 Å². The molecule has 1 fully saturated rings. The maximum atomic E-state index is 12.9. The van der Waals surface area contributed by atoms with Gasteiger partial charge in [0.15, 0.2) is 0 Å². The predicted octanol–water partition coefficient (Wildman–Crippen LogP) is 3.32. The summed E-state index contributed by atoms with van der Waals surface area (Å²) in [5.74, 6) is -0.764. The zero-order valence-corrected chi connectivity index (χ0v) is 17.1. The molecule has 3 amide bonds. The average molecular weight is 404 g/mol. The van der Waals surface area contributed by atoms with E-state index in [-0.39, 0.29) is 36.4 Å². The first-order valence-electron chi connectivity index (χ1n) is 10.1.